The fourth-order valence-corrected chi connectivity index (χ4v) is 2.85. The van der Waals surface area contributed by atoms with Crippen molar-refractivity contribution in [2.24, 2.45) is 0 Å². The molecular formula is C22H29NO5. The Balaban J connectivity index is 2.01. The SMILES string of the molecule is COc1cc(C(=O)NCCOc2ccccc2C(C)(C)C)cc(OC)c1OC. The number of hydrogen-bond acceptors (Lipinski definition) is 5. The van der Waals surface area contributed by atoms with E-state index in [0.717, 1.165) is 11.3 Å². The Morgan fingerprint density at radius 3 is 2.07 bits per heavy atom. The number of amides is 1. The lowest BCUT2D eigenvalue weighted by molar-refractivity contribution is 0.0946. The number of rotatable bonds is 8. The first-order valence-electron chi connectivity index (χ1n) is 9.12. The highest BCUT2D eigenvalue weighted by Crippen LogP contribution is 2.38. The van der Waals surface area contributed by atoms with Gasteiger partial charge < -0.3 is 24.3 Å². The summed E-state index contributed by atoms with van der Waals surface area (Å²) in [6, 6.07) is 11.2. The Hall–Kier alpha value is -2.89. The lowest BCUT2D eigenvalue weighted by Gasteiger charge is -2.22. The van der Waals surface area contributed by atoms with Crippen LogP contribution in [-0.4, -0.2) is 40.4 Å². The van der Waals surface area contributed by atoms with Crippen LogP contribution >= 0.6 is 0 Å². The second-order valence-electron chi connectivity index (χ2n) is 7.26. The van der Waals surface area contributed by atoms with Gasteiger partial charge in [-0.1, -0.05) is 39.0 Å². The second kappa shape index (κ2) is 9.35. The maximum Gasteiger partial charge on any atom is 0.251 e. The molecule has 0 aliphatic heterocycles. The van der Waals surface area contributed by atoms with E-state index in [1.165, 1.54) is 21.3 Å². The van der Waals surface area contributed by atoms with E-state index < -0.39 is 0 Å². The Labute approximate surface area is 166 Å². The van der Waals surface area contributed by atoms with Gasteiger partial charge in [0.15, 0.2) is 11.5 Å². The van der Waals surface area contributed by atoms with Gasteiger partial charge in [-0.25, -0.2) is 0 Å². The van der Waals surface area contributed by atoms with Crippen LogP contribution in [0.15, 0.2) is 36.4 Å². The van der Waals surface area contributed by atoms with E-state index in [9.17, 15) is 4.79 Å². The molecule has 0 aliphatic rings. The number of carbonyl (C=O) groups is 1. The molecule has 0 saturated carbocycles. The molecule has 2 rings (SSSR count). The summed E-state index contributed by atoms with van der Waals surface area (Å²) >= 11 is 0. The largest absolute Gasteiger partial charge is 0.493 e. The average molecular weight is 387 g/mol. The van der Waals surface area contributed by atoms with Crippen molar-refractivity contribution < 1.29 is 23.7 Å². The first-order chi connectivity index (χ1) is 13.3. The molecule has 0 aromatic heterocycles. The molecule has 0 spiro atoms. The molecule has 0 unspecified atom stereocenters. The molecular weight excluding hydrogens is 358 g/mol. The molecule has 6 nitrogen and oxygen atoms in total. The van der Waals surface area contributed by atoms with Crippen LogP contribution in [0.5, 0.6) is 23.0 Å². The fourth-order valence-electron chi connectivity index (χ4n) is 2.85. The van der Waals surface area contributed by atoms with Crippen LogP contribution in [0.25, 0.3) is 0 Å². The van der Waals surface area contributed by atoms with E-state index >= 15 is 0 Å². The highest BCUT2D eigenvalue weighted by molar-refractivity contribution is 5.95. The first kappa shape index (κ1) is 21.4. The molecule has 0 bridgehead atoms. The third-order valence-electron chi connectivity index (χ3n) is 4.27. The number of ether oxygens (including phenoxy) is 4. The monoisotopic (exact) mass is 387 g/mol. The topological polar surface area (TPSA) is 66.0 Å². The van der Waals surface area contributed by atoms with E-state index in [0.29, 0.717) is 36.0 Å². The molecule has 1 amide bonds. The minimum absolute atomic E-state index is 0.0178. The summed E-state index contributed by atoms with van der Waals surface area (Å²) < 4.78 is 21.7. The van der Waals surface area contributed by atoms with Crippen molar-refractivity contribution in [3.05, 3.63) is 47.5 Å². The van der Waals surface area contributed by atoms with Gasteiger partial charge in [0.1, 0.15) is 12.4 Å². The number of benzene rings is 2. The summed E-state index contributed by atoms with van der Waals surface area (Å²) in [6.07, 6.45) is 0. The highest BCUT2D eigenvalue weighted by atomic mass is 16.5. The number of nitrogens with one attached hydrogen (secondary N) is 1. The summed E-state index contributed by atoms with van der Waals surface area (Å²) in [5.74, 6) is 1.90. The van der Waals surface area contributed by atoms with Gasteiger partial charge in [0.05, 0.1) is 27.9 Å². The van der Waals surface area contributed by atoms with Gasteiger partial charge in [0.25, 0.3) is 5.91 Å². The van der Waals surface area contributed by atoms with Crippen molar-refractivity contribution >= 4 is 5.91 Å². The van der Waals surface area contributed by atoms with Crippen molar-refractivity contribution in [3.8, 4) is 23.0 Å². The normalized spacial score (nSPS) is 10.9. The van der Waals surface area contributed by atoms with E-state index in [1.54, 1.807) is 12.1 Å². The maximum atomic E-state index is 12.5. The Morgan fingerprint density at radius 1 is 0.929 bits per heavy atom. The lowest BCUT2D eigenvalue weighted by Crippen LogP contribution is -2.28. The molecule has 0 saturated heterocycles. The third-order valence-corrected chi connectivity index (χ3v) is 4.27. The number of methoxy groups -OCH3 is 3. The lowest BCUT2D eigenvalue weighted by atomic mass is 9.86. The molecule has 0 aliphatic carbocycles. The van der Waals surface area contributed by atoms with Gasteiger partial charge in [0, 0.05) is 5.56 Å². The summed E-state index contributed by atoms with van der Waals surface area (Å²) in [5.41, 5.74) is 1.53. The average Bonchev–Trinajstić information content (AvgIpc) is 2.69. The van der Waals surface area contributed by atoms with Gasteiger partial charge in [-0.2, -0.15) is 0 Å². The van der Waals surface area contributed by atoms with E-state index in [1.807, 2.05) is 18.2 Å². The minimum atomic E-state index is -0.244. The zero-order chi connectivity index (χ0) is 20.7. The smallest absolute Gasteiger partial charge is 0.251 e. The van der Waals surface area contributed by atoms with Gasteiger partial charge in [-0.05, 0) is 29.2 Å². The molecule has 0 atom stereocenters. The zero-order valence-corrected chi connectivity index (χ0v) is 17.4. The fraction of sp³-hybridized carbons (Fsp3) is 0.409. The van der Waals surface area contributed by atoms with Crippen LogP contribution in [0.3, 0.4) is 0 Å². The number of carbonyl (C=O) groups excluding carboxylic acids is 1. The molecule has 0 radical (unpaired) electrons. The van der Waals surface area contributed by atoms with E-state index in [4.69, 9.17) is 18.9 Å². The Morgan fingerprint density at radius 2 is 1.54 bits per heavy atom. The van der Waals surface area contributed by atoms with Gasteiger partial charge in [0.2, 0.25) is 5.75 Å². The van der Waals surface area contributed by atoms with Crippen molar-refractivity contribution in [1.82, 2.24) is 5.32 Å². The summed E-state index contributed by atoms with van der Waals surface area (Å²) in [7, 11) is 4.55. The van der Waals surface area contributed by atoms with Crippen molar-refractivity contribution in [1.29, 1.82) is 0 Å². The van der Waals surface area contributed by atoms with Crippen LogP contribution in [0, 0.1) is 0 Å². The number of hydrogen-bond donors (Lipinski definition) is 1. The second-order valence-corrected chi connectivity index (χ2v) is 7.26. The molecule has 0 heterocycles. The van der Waals surface area contributed by atoms with Crippen LogP contribution in [0.4, 0.5) is 0 Å². The molecule has 152 valence electrons. The van der Waals surface area contributed by atoms with Gasteiger partial charge >= 0.3 is 0 Å². The minimum Gasteiger partial charge on any atom is -0.493 e. The maximum absolute atomic E-state index is 12.5. The first-order valence-corrected chi connectivity index (χ1v) is 9.12. The predicted octanol–water partition coefficient (Wildman–Crippen LogP) is 3.82. The predicted molar refractivity (Wildman–Crippen MR) is 109 cm³/mol. The molecule has 2 aromatic carbocycles. The molecule has 6 heteroatoms. The molecule has 0 fully saturated rings. The number of para-hydroxylation sites is 1. The summed E-state index contributed by atoms with van der Waals surface area (Å²) in [5, 5.41) is 2.85. The highest BCUT2D eigenvalue weighted by Gasteiger charge is 2.19. The van der Waals surface area contributed by atoms with Gasteiger partial charge in [-0.3, -0.25) is 4.79 Å². The van der Waals surface area contributed by atoms with E-state index in [2.05, 4.69) is 32.2 Å². The van der Waals surface area contributed by atoms with Crippen molar-refractivity contribution in [3.63, 3.8) is 0 Å². The zero-order valence-electron chi connectivity index (χ0n) is 17.4. The third kappa shape index (κ3) is 5.09. The summed E-state index contributed by atoms with van der Waals surface area (Å²) in [4.78, 5) is 12.5. The summed E-state index contributed by atoms with van der Waals surface area (Å²) in [6.45, 7) is 7.15. The van der Waals surface area contributed by atoms with Gasteiger partial charge in [-0.15, -0.1) is 0 Å². The van der Waals surface area contributed by atoms with E-state index in [-0.39, 0.29) is 11.3 Å². The Kier molecular flexibility index (Phi) is 7.15. The van der Waals surface area contributed by atoms with Crippen LogP contribution in [-0.2, 0) is 5.41 Å². The molecule has 2 aromatic rings. The molecule has 1 N–H and O–H groups in total. The standard InChI is InChI=1S/C22H29NO5/c1-22(2,3)16-9-7-8-10-17(16)28-12-11-23-21(24)15-13-18(25-4)20(27-6)19(14-15)26-5/h7-10,13-14H,11-12H2,1-6H3,(H,23,24). The van der Waals surface area contributed by atoms with Crippen LogP contribution in [0.1, 0.15) is 36.7 Å². The quantitative estimate of drug-likeness (QED) is 0.698. The Bertz CT molecular complexity index is 786. The van der Waals surface area contributed by atoms with Crippen molar-refractivity contribution in [2.45, 2.75) is 26.2 Å². The van der Waals surface area contributed by atoms with Crippen molar-refractivity contribution in [2.75, 3.05) is 34.5 Å². The molecule has 28 heavy (non-hydrogen) atoms. The van der Waals surface area contributed by atoms with Crippen LogP contribution in [0.2, 0.25) is 0 Å². The van der Waals surface area contributed by atoms with Crippen LogP contribution < -0.4 is 24.3 Å².